The molecule has 0 bridgehead atoms. The van der Waals surface area contributed by atoms with Crippen LogP contribution >= 0.6 is 0 Å². The first kappa shape index (κ1) is 24.6. The molecule has 0 unspecified atom stereocenters. The summed E-state index contributed by atoms with van der Waals surface area (Å²) in [6, 6.07) is 9.13. The van der Waals surface area contributed by atoms with Crippen LogP contribution in [0.15, 0.2) is 30.3 Å². The maximum Gasteiger partial charge on any atom is 0.254 e. The number of ether oxygens (including phenoxy) is 5. The van der Waals surface area contributed by atoms with Crippen molar-refractivity contribution in [2.75, 3.05) is 28.4 Å². The summed E-state index contributed by atoms with van der Waals surface area (Å²) in [5.41, 5.74) is 0.586. The number of amides is 1. The summed E-state index contributed by atoms with van der Waals surface area (Å²) in [6.07, 6.45) is 5.71. The Morgan fingerprint density at radius 2 is 1.42 bits per heavy atom. The average molecular weight is 458 g/mol. The summed E-state index contributed by atoms with van der Waals surface area (Å²) in [5.74, 6) is 2.92. The van der Waals surface area contributed by atoms with Crippen molar-refractivity contribution >= 4 is 5.91 Å². The van der Waals surface area contributed by atoms with Crippen LogP contribution in [-0.2, 0) is 0 Å². The molecule has 0 spiro atoms. The van der Waals surface area contributed by atoms with Gasteiger partial charge in [-0.25, -0.2) is 0 Å². The zero-order valence-corrected chi connectivity index (χ0v) is 20.5. The molecule has 0 radical (unpaired) electrons. The highest BCUT2D eigenvalue weighted by atomic mass is 16.5. The van der Waals surface area contributed by atoms with Gasteiger partial charge in [-0.1, -0.05) is 19.3 Å². The van der Waals surface area contributed by atoms with E-state index in [9.17, 15) is 4.79 Å². The summed E-state index contributed by atoms with van der Waals surface area (Å²) >= 11 is 0. The number of methoxy groups -OCH3 is 4. The molecule has 180 valence electrons. The van der Waals surface area contributed by atoms with Gasteiger partial charge >= 0.3 is 0 Å². The Labute approximate surface area is 196 Å². The second-order valence-corrected chi connectivity index (χ2v) is 8.43. The van der Waals surface area contributed by atoms with E-state index in [-0.39, 0.29) is 18.0 Å². The van der Waals surface area contributed by atoms with Crippen LogP contribution in [0.5, 0.6) is 34.5 Å². The van der Waals surface area contributed by atoms with Gasteiger partial charge in [0.25, 0.3) is 5.91 Å². The van der Waals surface area contributed by atoms with E-state index in [4.69, 9.17) is 23.7 Å². The quantitative estimate of drug-likeness (QED) is 0.481. The van der Waals surface area contributed by atoms with Crippen molar-refractivity contribution in [1.82, 2.24) is 4.90 Å². The van der Waals surface area contributed by atoms with E-state index in [0.29, 0.717) is 40.1 Å². The van der Waals surface area contributed by atoms with Gasteiger partial charge in [0.15, 0.2) is 23.0 Å². The van der Waals surface area contributed by atoms with Crippen molar-refractivity contribution in [3.63, 3.8) is 0 Å². The second-order valence-electron chi connectivity index (χ2n) is 8.43. The number of nitrogens with zero attached hydrogens (tertiary/aromatic N) is 1. The molecule has 0 aromatic heterocycles. The molecule has 0 saturated heterocycles. The molecule has 2 aromatic carbocycles. The Hall–Kier alpha value is -3.09. The van der Waals surface area contributed by atoms with E-state index in [0.717, 1.165) is 12.8 Å². The van der Waals surface area contributed by atoms with E-state index < -0.39 is 0 Å². The normalized spacial score (nSPS) is 14.0. The third kappa shape index (κ3) is 5.46. The summed E-state index contributed by atoms with van der Waals surface area (Å²) < 4.78 is 27.8. The molecular formula is C26H35NO6. The lowest BCUT2D eigenvalue weighted by atomic mass is 9.92. The van der Waals surface area contributed by atoms with E-state index in [1.165, 1.54) is 19.3 Å². The number of hydrogen-bond donors (Lipinski definition) is 0. The third-order valence-electron chi connectivity index (χ3n) is 6.04. The van der Waals surface area contributed by atoms with E-state index in [1.807, 2.05) is 4.90 Å². The first-order valence-corrected chi connectivity index (χ1v) is 11.4. The number of carbonyl (C=O) groups is 1. The van der Waals surface area contributed by atoms with Gasteiger partial charge in [-0.05, 0) is 44.9 Å². The van der Waals surface area contributed by atoms with Gasteiger partial charge in [-0.2, -0.15) is 0 Å². The molecule has 0 atom stereocenters. The minimum absolute atomic E-state index is 0.0227. The SMILES string of the molecule is COc1cc(C(=O)N(C(C)C)C2CCCCC2)ccc1Oc1cc(OC)c(OC)c(OC)c1. The smallest absolute Gasteiger partial charge is 0.254 e. The molecule has 0 heterocycles. The lowest BCUT2D eigenvalue weighted by Crippen LogP contribution is -2.45. The molecule has 0 N–H and O–H groups in total. The molecule has 1 saturated carbocycles. The predicted molar refractivity (Wildman–Crippen MR) is 127 cm³/mol. The van der Waals surface area contributed by atoms with Crippen molar-refractivity contribution in [3.8, 4) is 34.5 Å². The van der Waals surface area contributed by atoms with Crippen LogP contribution in [0, 0.1) is 0 Å². The van der Waals surface area contributed by atoms with Crippen LogP contribution in [-0.4, -0.2) is 51.3 Å². The topological polar surface area (TPSA) is 66.5 Å². The zero-order chi connectivity index (χ0) is 24.0. The molecule has 2 aromatic rings. The molecule has 1 amide bonds. The van der Waals surface area contributed by atoms with E-state index >= 15 is 0 Å². The van der Waals surface area contributed by atoms with Crippen LogP contribution in [0.4, 0.5) is 0 Å². The van der Waals surface area contributed by atoms with Gasteiger partial charge in [0.1, 0.15) is 5.75 Å². The summed E-state index contributed by atoms with van der Waals surface area (Å²) in [4.78, 5) is 15.5. The van der Waals surface area contributed by atoms with Gasteiger partial charge < -0.3 is 28.6 Å². The van der Waals surface area contributed by atoms with Crippen LogP contribution in [0.25, 0.3) is 0 Å². The van der Waals surface area contributed by atoms with Crippen LogP contribution in [0.3, 0.4) is 0 Å². The first-order chi connectivity index (χ1) is 15.9. The number of rotatable bonds is 9. The summed E-state index contributed by atoms with van der Waals surface area (Å²) in [7, 11) is 6.21. The first-order valence-electron chi connectivity index (χ1n) is 11.4. The van der Waals surface area contributed by atoms with Gasteiger partial charge in [0.05, 0.1) is 28.4 Å². The van der Waals surface area contributed by atoms with Gasteiger partial charge in [-0.15, -0.1) is 0 Å². The molecule has 7 heteroatoms. The fraction of sp³-hybridized carbons (Fsp3) is 0.500. The molecule has 1 fully saturated rings. The van der Waals surface area contributed by atoms with E-state index in [2.05, 4.69) is 13.8 Å². The Morgan fingerprint density at radius 3 is 1.94 bits per heavy atom. The van der Waals surface area contributed by atoms with Crippen molar-refractivity contribution in [3.05, 3.63) is 35.9 Å². The van der Waals surface area contributed by atoms with Crippen molar-refractivity contribution in [2.45, 2.75) is 58.0 Å². The molecule has 33 heavy (non-hydrogen) atoms. The van der Waals surface area contributed by atoms with Gasteiger partial charge in [-0.3, -0.25) is 4.79 Å². The maximum atomic E-state index is 13.4. The third-order valence-corrected chi connectivity index (χ3v) is 6.04. The lowest BCUT2D eigenvalue weighted by molar-refractivity contribution is 0.0555. The van der Waals surface area contributed by atoms with Crippen molar-refractivity contribution in [1.29, 1.82) is 0 Å². The maximum absolute atomic E-state index is 13.4. The predicted octanol–water partition coefficient (Wildman–Crippen LogP) is 5.70. The highest BCUT2D eigenvalue weighted by Gasteiger charge is 2.29. The largest absolute Gasteiger partial charge is 0.493 e. The van der Waals surface area contributed by atoms with Crippen LogP contribution < -0.4 is 23.7 Å². The van der Waals surface area contributed by atoms with Crippen molar-refractivity contribution in [2.24, 2.45) is 0 Å². The van der Waals surface area contributed by atoms with E-state index in [1.54, 1.807) is 58.8 Å². The molecule has 1 aliphatic rings. The molecule has 7 nitrogen and oxygen atoms in total. The summed E-state index contributed by atoms with van der Waals surface area (Å²) in [5, 5.41) is 0. The van der Waals surface area contributed by atoms with Crippen LogP contribution in [0.1, 0.15) is 56.3 Å². The Bertz CT molecular complexity index is 927. The molecule has 1 aliphatic carbocycles. The fourth-order valence-corrected chi connectivity index (χ4v) is 4.46. The molecule has 3 rings (SSSR count). The monoisotopic (exact) mass is 457 g/mol. The van der Waals surface area contributed by atoms with Crippen LogP contribution in [0.2, 0.25) is 0 Å². The Balaban J connectivity index is 1.89. The fourth-order valence-electron chi connectivity index (χ4n) is 4.46. The van der Waals surface area contributed by atoms with Gasteiger partial charge in [0, 0.05) is 29.8 Å². The second kappa shape index (κ2) is 11.2. The Kier molecular flexibility index (Phi) is 8.31. The minimum Gasteiger partial charge on any atom is -0.493 e. The average Bonchev–Trinajstić information content (AvgIpc) is 2.84. The summed E-state index contributed by atoms with van der Waals surface area (Å²) in [6.45, 7) is 4.15. The van der Waals surface area contributed by atoms with Gasteiger partial charge in [0.2, 0.25) is 5.75 Å². The molecular weight excluding hydrogens is 422 g/mol. The zero-order valence-electron chi connectivity index (χ0n) is 20.5. The molecule has 0 aliphatic heterocycles. The minimum atomic E-state index is 0.0227. The van der Waals surface area contributed by atoms with Crippen molar-refractivity contribution < 1.29 is 28.5 Å². The number of carbonyl (C=O) groups excluding carboxylic acids is 1. The Morgan fingerprint density at radius 1 is 0.818 bits per heavy atom. The standard InChI is InChI=1S/C26H35NO6/c1-17(2)27(19-10-8-7-9-11-19)26(28)18-12-13-21(22(14-18)29-3)33-20-15-23(30-4)25(32-6)24(16-20)31-5/h12-17,19H,7-11H2,1-6H3. The lowest BCUT2D eigenvalue weighted by Gasteiger charge is -2.37. The highest BCUT2D eigenvalue weighted by Crippen LogP contribution is 2.43. The number of benzene rings is 2. The highest BCUT2D eigenvalue weighted by molar-refractivity contribution is 5.95. The number of hydrogen-bond acceptors (Lipinski definition) is 6.